The molecule has 2 aromatic rings. The summed E-state index contributed by atoms with van der Waals surface area (Å²) in [4.78, 5) is 12.1. The molecular formula is C20H27ClN3O-. The molecule has 0 amide bonds. The molecule has 4 nitrogen and oxygen atoms in total. The normalized spacial score (nSPS) is 33.0. The van der Waals surface area contributed by atoms with Gasteiger partial charge in [-0.05, 0) is 73.5 Å². The van der Waals surface area contributed by atoms with Crippen molar-refractivity contribution in [2.45, 2.75) is 44.7 Å². The van der Waals surface area contributed by atoms with Gasteiger partial charge in [0.15, 0.2) is 0 Å². The molecule has 1 heterocycles. The summed E-state index contributed by atoms with van der Waals surface area (Å²) in [7, 11) is 3.71. The van der Waals surface area contributed by atoms with E-state index in [4.69, 9.17) is 0 Å². The largest absolute Gasteiger partial charge is 1.00 e. The number of halogens is 1. The van der Waals surface area contributed by atoms with Crippen molar-refractivity contribution in [3.05, 3.63) is 34.2 Å². The number of aromatic nitrogens is 2. The van der Waals surface area contributed by atoms with Crippen molar-refractivity contribution < 1.29 is 12.4 Å². The minimum Gasteiger partial charge on any atom is -1.00 e. The summed E-state index contributed by atoms with van der Waals surface area (Å²) in [6, 6.07) is 7.16. The van der Waals surface area contributed by atoms with Crippen molar-refractivity contribution in [3.8, 4) is 0 Å². The third kappa shape index (κ3) is 2.65. The Balaban J connectivity index is 0.00000157. The lowest BCUT2D eigenvalue weighted by atomic mass is 9.54. The van der Waals surface area contributed by atoms with Crippen LogP contribution in [0.2, 0.25) is 0 Å². The van der Waals surface area contributed by atoms with Crippen LogP contribution in [0.4, 0.5) is 0 Å². The monoisotopic (exact) mass is 360 g/mol. The van der Waals surface area contributed by atoms with Crippen molar-refractivity contribution in [1.29, 1.82) is 0 Å². The second kappa shape index (κ2) is 6.17. The van der Waals surface area contributed by atoms with E-state index in [-0.39, 0.29) is 18.1 Å². The Bertz CT molecular complexity index is 824. The van der Waals surface area contributed by atoms with Gasteiger partial charge in [-0.3, -0.25) is 9.13 Å². The number of fused-ring (bicyclic) bond motifs is 1. The van der Waals surface area contributed by atoms with Crippen molar-refractivity contribution >= 4 is 11.0 Å². The predicted molar refractivity (Wildman–Crippen MR) is 95.8 cm³/mol. The number of hydrogen-bond donors (Lipinski definition) is 1. The molecule has 4 bridgehead atoms. The van der Waals surface area contributed by atoms with E-state index >= 15 is 0 Å². The summed E-state index contributed by atoms with van der Waals surface area (Å²) in [6.45, 7) is 0.923. The fourth-order valence-corrected chi connectivity index (χ4v) is 6.16. The average Bonchev–Trinajstić information content (AvgIpc) is 2.78. The molecule has 1 aromatic carbocycles. The van der Waals surface area contributed by atoms with Crippen LogP contribution in [0, 0.1) is 23.7 Å². The first-order valence-corrected chi connectivity index (χ1v) is 9.48. The molecule has 0 radical (unpaired) electrons. The molecule has 4 fully saturated rings. The summed E-state index contributed by atoms with van der Waals surface area (Å²) in [5.74, 6) is 3.87. The van der Waals surface area contributed by atoms with Crippen molar-refractivity contribution in [1.82, 2.24) is 14.5 Å². The molecule has 0 aliphatic heterocycles. The molecule has 1 N–H and O–H groups in total. The molecule has 5 heteroatoms. The first-order chi connectivity index (χ1) is 11.6. The Morgan fingerprint density at radius 1 is 0.960 bits per heavy atom. The highest BCUT2D eigenvalue weighted by Crippen LogP contribution is 2.53. The molecule has 4 saturated carbocycles. The molecule has 4 aliphatic carbocycles. The molecule has 4 aliphatic rings. The standard InChI is InChI=1S/C20H27N3O.ClH/c1-22-17-4-3-12(10-18(17)23(2)20(22)24)11-21-19-15-6-13-5-14(8-15)9-16(19)7-13;/h3-4,10,13-16,19,21H,5-9,11H2,1-2H3;1H/p-1. The number of hydrogen-bond acceptors (Lipinski definition) is 2. The highest BCUT2D eigenvalue weighted by Gasteiger charge is 2.47. The Labute approximate surface area is 155 Å². The Morgan fingerprint density at radius 3 is 2.20 bits per heavy atom. The van der Waals surface area contributed by atoms with Crippen LogP contribution in [0.25, 0.3) is 11.0 Å². The quantitative estimate of drug-likeness (QED) is 0.823. The van der Waals surface area contributed by atoms with Gasteiger partial charge in [-0.15, -0.1) is 0 Å². The highest BCUT2D eigenvalue weighted by molar-refractivity contribution is 5.76. The number of nitrogens with zero attached hydrogens (tertiary/aromatic N) is 2. The van der Waals surface area contributed by atoms with Gasteiger partial charge < -0.3 is 17.7 Å². The zero-order valence-electron chi connectivity index (χ0n) is 15.0. The zero-order chi connectivity index (χ0) is 16.4. The van der Waals surface area contributed by atoms with E-state index in [9.17, 15) is 4.79 Å². The lowest BCUT2D eigenvalue weighted by Gasteiger charge is -2.54. The lowest BCUT2D eigenvalue weighted by Crippen LogP contribution is -3.00. The Morgan fingerprint density at radius 2 is 1.56 bits per heavy atom. The topological polar surface area (TPSA) is 39.0 Å². The van der Waals surface area contributed by atoms with Gasteiger partial charge >= 0.3 is 5.69 Å². The minimum atomic E-state index is 0. The van der Waals surface area contributed by atoms with Crippen molar-refractivity contribution in [2.75, 3.05) is 0 Å². The highest BCUT2D eigenvalue weighted by atomic mass is 35.5. The number of imidazole rings is 1. The lowest BCUT2D eigenvalue weighted by molar-refractivity contribution is -0.0142. The number of nitrogens with one attached hydrogen (secondary N) is 1. The Kier molecular flexibility index (Phi) is 4.24. The molecule has 0 atom stereocenters. The van der Waals surface area contributed by atoms with E-state index < -0.39 is 0 Å². The molecule has 0 unspecified atom stereocenters. The van der Waals surface area contributed by atoms with Crippen LogP contribution in [0.15, 0.2) is 23.0 Å². The predicted octanol–water partition coefficient (Wildman–Crippen LogP) is -0.205. The molecule has 1 aromatic heterocycles. The van der Waals surface area contributed by atoms with Crippen LogP contribution in [-0.4, -0.2) is 15.2 Å². The van der Waals surface area contributed by atoms with E-state index in [0.29, 0.717) is 6.04 Å². The van der Waals surface area contributed by atoms with Gasteiger partial charge in [0.2, 0.25) is 0 Å². The van der Waals surface area contributed by atoms with Crippen LogP contribution < -0.4 is 23.4 Å². The van der Waals surface area contributed by atoms with E-state index in [0.717, 1.165) is 41.2 Å². The first-order valence-electron chi connectivity index (χ1n) is 9.48. The molecule has 0 saturated heterocycles. The maximum absolute atomic E-state index is 12.1. The fourth-order valence-electron chi connectivity index (χ4n) is 6.16. The van der Waals surface area contributed by atoms with E-state index in [1.165, 1.54) is 37.7 Å². The maximum Gasteiger partial charge on any atom is 0.328 e. The minimum absolute atomic E-state index is 0. The third-order valence-electron chi connectivity index (χ3n) is 7.11. The molecule has 0 spiro atoms. The smallest absolute Gasteiger partial charge is 0.328 e. The van der Waals surface area contributed by atoms with Gasteiger partial charge in [-0.1, -0.05) is 6.07 Å². The van der Waals surface area contributed by atoms with Crippen LogP contribution in [0.3, 0.4) is 0 Å². The fraction of sp³-hybridized carbons (Fsp3) is 0.650. The van der Waals surface area contributed by atoms with Gasteiger partial charge in [0, 0.05) is 26.7 Å². The van der Waals surface area contributed by atoms with Gasteiger partial charge in [0.05, 0.1) is 11.0 Å². The summed E-state index contributed by atoms with van der Waals surface area (Å²) in [5, 5.41) is 3.89. The molecule has 136 valence electrons. The SMILES string of the molecule is Cn1c(=O)n(C)c2cc(CNC3C4CC5CC(C4)CC3C5)ccc21.[Cl-]. The molecule has 6 rings (SSSR count). The summed E-state index contributed by atoms with van der Waals surface area (Å²) in [6.07, 6.45) is 7.33. The first kappa shape index (κ1) is 17.2. The van der Waals surface area contributed by atoms with Gasteiger partial charge in [-0.2, -0.15) is 0 Å². The van der Waals surface area contributed by atoms with E-state index in [1.54, 1.807) is 9.13 Å². The summed E-state index contributed by atoms with van der Waals surface area (Å²) in [5.41, 5.74) is 3.39. The number of rotatable bonds is 3. The Hall–Kier alpha value is -1.26. The number of aryl methyl sites for hydroxylation is 2. The van der Waals surface area contributed by atoms with Crippen molar-refractivity contribution in [3.63, 3.8) is 0 Å². The van der Waals surface area contributed by atoms with Crippen LogP contribution in [-0.2, 0) is 20.6 Å². The number of benzene rings is 1. The summed E-state index contributed by atoms with van der Waals surface area (Å²) >= 11 is 0. The second-order valence-electron chi connectivity index (χ2n) is 8.56. The maximum atomic E-state index is 12.1. The van der Waals surface area contributed by atoms with E-state index in [2.05, 4.69) is 23.5 Å². The average molecular weight is 361 g/mol. The van der Waals surface area contributed by atoms with E-state index in [1.807, 2.05) is 14.1 Å². The zero-order valence-corrected chi connectivity index (χ0v) is 15.8. The van der Waals surface area contributed by atoms with Crippen LogP contribution in [0.5, 0.6) is 0 Å². The van der Waals surface area contributed by atoms with Crippen LogP contribution >= 0.6 is 0 Å². The third-order valence-corrected chi connectivity index (χ3v) is 7.11. The van der Waals surface area contributed by atoms with Crippen LogP contribution in [0.1, 0.15) is 37.7 Å². The molecule has 25 heavy (non-hydrogen) atoms. The van der Waals surface area contributed by atoms with Gasteiger partial charge in [0.1, 0.15) is 0 Å². The van der Waals surface area contributed by atoms with Gasteiger partial charge in [0.25, 0.3) is 0 Å². The van der Waals surface area contributed by atoms with Gasteiger partial charge in [-0.25, -0.2) is 4.79 Å². The second-order valence-corrected chi connectivity index (χ2v) is 8.56. The van der Waals surface area contributed by atoms with Crippen molar-refractivity contribution in [2.24, 2.45) is 37.8 Å². The molecular weight excluding hydrogens is 334 g/mol. The summed E-state index contributed by atoms with van der Waals surface area (Å²) < 4.78 is 3.48.